The van der Waals surface area contributed by atoms with E-state index in [1.54, 1.807) is 23.3 Å². The van der Waals surface area contributed by atoms with Gasteiger partial charge in [-0.1, -0.05) is 74.5 Å². The van der Waals surface area contributed by atoms with Crippen molar-refractivity contribution < 1.29 is 48.1 Å². The molecule has 0 unspecified atom stereocenters. The third kappa shape index (κ3) is 10.5. The molecular weight excluding hydrogens is 623 g/mol. The summed E-state index contributed by atoms with van der Waals surface area (Å²) in [5.41, 5.74) is 7.47. The molecule has 0 fully saturated rings. The first-order chi connectivity index (χ1) is 18.6. The number of allylic oxidation sites excluding steroid dienone is 8. The standard InChI is InChI=1S/C12H10Si.2C12H11.2ClH.Zr/c1-3-7-11(8-4-1)13-12-9-5-2-6-10-12;2*1-10-7-8-12(9-10)11-5-3-2-4-6-11;;;/h1-10H;2*2-6,9H,8H2,1H3;2*1H;/q;2*-1;;;+2/p-2. The first-order valence-electron chi connectivity index (χ1n) is 13.0. The van der Waals surface area contributed by atoms with Crippen LogP contribution in [-0.2, 0) is 23.3 Å². The fraction of sp³-hybridized carbons (Fsp3) is 0.111. The van der Waals surface area contributed by atoms with Crippen LogP contribution in [0.4, 0.5) is 0 Å². The van der Waals surface area contributed by atoms with Gasteiger partial charge < -0.3 is 24.8 Å². The number of hydrogen-bond acceptors (Lipinski definition) is 0. The van der Waals surface area contributed by atoms with E-state index in [1.807, 2.05) is 12.1 Å². The van der Waals surface area contributed by atoms with Gasteiger partial charge >= 0.3 is 99.8 Å². The summed E-state index contributed by atoms with van der Waals surface area (Å²) >= 11 is 1.64. The Morgan fingerprint density at radius 3 is 1.07 bits per heavy atom. The molecule has 0 aromatic heterocycles. The Bertz CT molecular complexity index is 1340. The second kappa shape index (κ2) is 18.1. The van der Waals surface area contributed by atoms with Crippen molar-refractivity contribution >= 4 is 27.0 Å². The van der Waals surface area contributed by atoms with E-state index in [0.29, 0.717) is 0 Å². The second-order valence-electron chi connectivity index (χ2n) is 9.25. The summed E-state index contributed by atoms with van der Waals surface area (Å²) in [5.74, 6) is 0. The molecule has 0 saturated heterocycles. The van der Waals surface area contributed by atoms with Gasteiger partial charge in [0.05, 0.1) is 0 Å². The van der Waals surface area contributed by atoms with Gasteiger partial charge in [0.25, 0.3) is 0 Å². The first-order valence-corrected chi connectivity index (χ1v) is 18.1. The molecule has 4 aromatic carbocycles. The molecule has 0 aliphatic heterocycles. The van der Waals surface area contributed by atoms with Gasteiger partial charge in [-0.15, -0.1) is 24.0 Å². The van der Waals surface area contributed by atoms with Crippen LogP contribution in [-0.4, -0.2) is 5.43 Å². The summed E-state index contributed by atoms with van der Waals surface area (Å²) in [4.78, 5) is 0. The molecule has 200 valence electrons. The van der Waals surface area contributed by atoms with Gasteiger partial charge in [-0.05, 0) is 11.1 Å². The van der Waals surface area contributed by atoms with Crippen molar-refractivity contribution in [2.24, 2.45) is 0 Å². The van der Waals surface area contributed by atoms with Gasteiger partial charge in [0.2, 0.25) is 0 Å². The summed E-state index contributed by atoms with van der Waals surface area (Å²) in [5, 5.41) is 3.03. The molecule has 0 spiro atoms. The maximum absolute atomic E-state index is 3.29. The van der Waals surface area contributed by atoms with Gasteiger partial charge in [0.15, 0.2) is 0 Å². The summed E-state index contributed by atoms with van der Waals surface area (Å²) < 4.78 is 0. The molecule has 0 saturated carbocycles. The molecule has 40 heavy (non-hydrogen) atoms. The predicted molar refractivity (Wildman–Crippen MR) is 161 cm³/mol. The van der Waals surface area contributed by atoms with Crippen LogP contribution in [0.25, 0.3) is 11.1 Å². The fourth-order valence-corrected chi connectivity index (χ4v) is 8.09. The van der Waals surface area contributed by atoms with E-state index in [4.69, 9.17) is 0 Å². The Hall–Kier alpha value is -2.48. The number of rotatable bonds is 4. The number of hydrogen-bond donors (Lipinski definition) is 0. The normalized spacial score (nSPS) is 12.9. The summed E-state index contributed by atoms with van der Waals surface area (Å²) in [6.45, 7) is 4.19. The van der Waals surface area contributed by atoms with E-state index in [1.165, 1.54) is 43.8 Å². The van der Waals surface area contributed by atoms with Gasteiger partial charge in [0.1, 0.15) is 0 Å². The Balaban J connectivity index is 0.000000206. The van der Waals surface area contributed by atoms with Gasteiger partial charge in [-0.2, -0.15) is 0 Å². The van der Waals surface area contributed by atoms with Crippen molar-refractivity contribution in [3.8, 4) is 0 Å². The van der Waals surface area contributed by atoms with Crippen molar-refractivity contribution in [2.75, 3.05) is 0 Å². The quantitative estimate of drug-likeness (QED) is 0.233. The SMILES string of the molecule is CC1=[C-]CC(c2ccccc2)=C1.CC1=[C-]CC(c2ccccc2)=C1.[Cl-].[Cl-].[Zr+2]=[Si](c1ccccc1)c1ccccc1. The van der Waals surface area contributed by atoms with Crippen LogP contribution < -0.4 is 35.2 Å². The molecule has 0 bridgehead atoms. The molecule has 6 rings (SSSR count). The van der Waals surface area contributed by atoms with E-state index in [-0.39, 0.29) is 24.8 Å². The average molecular weight is 655 g/mol. The molecule has 2 aliphatic rings. The maximum atomic E-state index is 3.29. The Labute approximate surface area is 267 Å². The molecule has 0 N–H and O–H groups in total. The summed E-state index contributed by atoms with van der Waals surface area (Å²) in [6, 6.07) is 42.6. The Kier molecular flexibility index (Phi) is 15.2. The molecule has 0 amide bonds. The molecule has 4 heteroatoms. The van der Waals surface area contributed by atoms with Crippen molar-refractivity contribution in [1.29, 1.82) is 0 Å². The van der Waals surface area contributed by atoms with Gasteiger partial charge in [0, 0.05) is 0 Å². The van der Waals surface area contributed by atoms with E-state index in [9.17, 15) is 0 Å². The van der Waals surface area contributed by atoms with Gasteiger partial charge in [-0.3, -0.25) is 12.2 Å². The van der Waals surface area contributed by atoms with Crippen LogP contribution in [0.2, 0.25) is 0 Å². The zero-order chi connectivity index (χ0) is 26.6. The topological polar surface area (TPSA) is 0 Å². The van der Waals surface area contributed by atoms with E-state index >= 15 is 0 Å². The molecule has 2 aliphatic carbocycles. The molecule has 0 nitrogen and oxygen atoms in total. The van der Waals surface area contributed by atoms with E-state index < -0.39 is 5.43 Å². The van der Waals surface area contributed by atoms with E-state index in [0.717, 1.165) is 12.8 Å². The van der Waals surface area contributed by atoms with Crippen LogP contribution >= 0.6 is 0 Å². The van der Waals surface area contributed by atoms with Crippen LogP contribution in [0.15, 0.2) is 145 Å². The Morgan fingerprint density at radius 2 is 0.800 bits per heavy atom. The third-order valence-electron chi connectivity index (χ3n) is 6.31. The Morgan fingerprint density at radius 1 is 0.500 bits per heavy atom. The third-order valence-corrected chi connectivity index (χ3v) is 12.4. The summed E-state index contributed by atoms with van der Waals surface area (Å²) in [7, 11) is 0. The molecular formula is C36H32Cl2SiZr-2. The number of halogens is 2. The van der Waals surface area contributed by atoms with Crippen molar-refractivity contribution in [3.05, 3.63) is 168 Å². The molecule has 0 atom stereocenters. The van der Waals surface area contributed by atoms with E-state index in [2.05, 4.69) is 147 Å². The molecule has 4 aromatic rings. The predicted octanol–water partition coefficient (Wildman–Crippen LogP) is 1.79. The van der Waals surface area contributed by atoms with Crippen molar-refractivity contribution in [2.45, 2.75) is 26.7 Å². The second-order valence-corrected chi connectivity index (χ2v) is 14.8. The monoisotopic (exact) mass is 652 g/mol. The minimum atomic E-state index is -0.455. The average Bonchev–Trinajstić information content (AvgIpc) is 3.63. The van der Waals surface area contributed by atoms with Crippen LogP contribution in [0.5, 0.6) is 0 Å². The summed E-state index contributed by atoms with van der Waals surface area (Å²) in [6.07, 6.45) is 12.9. The number of benzene rings is 4. The minimum absolute atomic E-state index is 0. The van der Waals surface area contributed by atoms with Crippen LogP contribution in [0.1, 0.15) is 37.8 Å². The zero-order valence-corrected chi connectivity index (χ0v) is 27.8. The van der Waals surface area contributed by atoms with Crippen LogP contribution in [0.3, 0.4) is 0 Å². The molecule has 0 heterocycles. The fourth-order valence-electron chi connectivity index (χ4n) is 4.25. The first kappa shape index (κ1) is 33.7. The van der Waals surface area contributed by atoms with Gasteiger partial charge in [-0.25, -0.2) is 23.3 Å². The van der Waals surface area contributed by atoms with Crippen molar-refractivity contribution in [1.82, 2.24) is 0 Å². The van der Waals surface area contributed by atoms with Crippen molar-refractivity contribution in [3.63, 3.8) is 0 Å². The molecule has 0 radical (unpaired) electrons. The van der Waals surface area contributed by atoms with Crippen LogP contribution in [0, 0.1) is 12.2 Å². The zero-order valence-electron chi connectivity index (χ0n) is 22.9.